The zero-order chi connectivity index (χ0) is 17.4. The maximum Gasteiger partial charge on any atom is 0.335 e. The van der Waals surface area contributed by atoms with Crippen LogP contribution in [0.3, 0.4) is 0 Å². The van der Waals surface area contributed by atoms with Crippen molar-refractivity contribution in [2.75, 3.05) is 26.3 Å². The SMILES string of the molecule is CCOCCCC(=O)N1CCC(Cc2ccccc2C(=O)O)CC1. The molecule has 5 heteroatoms. The highest BCUT2D eigenvalue weighted by atomic mass is 16.5. The molecule has 0 radical (unpaired) electrons. The maximum atomic E-state index is 12.2. The van der Waals surface area contributed by atoms with Crippen LogP contribution in [0.1, 0.15) is 48.5 Å². The number of rotatable bonds is 8. The van der Waals surface area contributed by atoms with E-state index < -0.39 is 5.97 Å². The smallest absolute Gasteiger partial charge is 0.335 e. The van der Waals surface area contributed by atoms with Crippen molar-refractivity contribution in [3.8, 4) is 0 Å². The van der Waals surface area contributed by atoms with Crippen LogP contribution >= 0.6 is 0 Å². The van der Waals surface area contributed by atoms with Crippen molar-refractivity contribution in [1.29, 1.82) is 0 Å². The number of carboxylic acids is 1. The molecule has 1 aromatic rings. The number of amides is 1. The molecule has 0 aromatic heterocycles. The monoisotopic (exact) mass is 333 g/mol. The third-order valence-electron chi connectivity index (χ3n) is 4.61. The fraction of sp³-hybridized carbons (Fsp3) is 0.579. The predicted molar refractivity (Wildman–Crippen MR) is 92.1 cm³/mol. The molecule has 0 bridgehead atoms. The van der Waals surface area contributed by atoms with E-state index in [1.807, 2.05) is 24.0 Å². The Morgan fingerprint density at radius 2 is 1.96 bits per heavy atom. The number of benzene rings is 1. The second-order valence-electron chi connectivity index (χ2n) is 6.29. The van der Waals surface area contributed by atoms with Crippen molar-refractivity contribution in [3.05, 3.63) is 35.4 Å². The summed E-state index contributed by atoms with van der Waals surface area (Å²) in [7, 11) is 0. The largest absolute Gasteiger partial charge is 0.478 e. The van der Waals surface area contributed by atoms with Gasteiger partial charge >= 0.3 is 5.97 Å². The van der Waals surface area contributed by atoms with Crippen LogP contribution in [0.5, 0.6) is 0 Å². The Balaban J connectivity index is 1.79. The van der Waals surface area contributed by atoms with Crippen LogP contribution in [0.15, 0.2) is 24.3 Å². The normalized spacial score (nSPS) is 15.5. The number of hydrogen-bond acceptors (Lipinski definition) is 3. The van der Waals surface area contributed by atoms with Crippen LogP contribution in [0.25, 0.3) is 0 Å². The second kappa shape index (κ2) is 9.42. The number of ether oxygens (including phenoxy) is 1. The van der Waals surface area contributed by atoms with Crippen molar-refractivity contribution in [1.82, 2.24) is 4.90 Å². The predicted octanol–water partition coefficient (Wildman–Crippen LogP) is 2.98. The number of nitrogens with zero attached hydrogens (tertiary/aromatic N) is 1. The van der Waals surface area contributed by atoms with Crippen molar-refractivity contribution in [2.24, 2.45) is 5.92 Å². The van der Waals surface area contributed by atoms with E-state index in [1.165, 1.54) is 0 Å². The molecule has 1 fully saturated rings. The summed E-state index contributed by atoms with van der Waals surface area (Å²) in [6.45, 7) is 4.83. The minimum atomic E-state index is -0.868. The third kappa shape index (κ3) is 5.34. The summed E-state index contributed by atoms with van der Waals surface area (Å²) < 4.78 is 5.27. The number of carbonyl (C=O) groups is 2. The van der Waals surface area contributed by atoms with Crippen molar-refractivity contribution < 1.29 is 19.4 Å². The van der Waals surface area contributed by atoms with Crippen molar-refractivity contribution in [3.63, 3.8) is 0 Å². The molecule has 0 spiro atoms. The average molecular weight is 333 g/mol. The van der Waals surface area contributed by atoms with E-state index in [2.05, 4.69) is 0 Å². The fourth-order valence-corrected chi connectivity index (χ4v) is 3.23. The Morgan fingerprint density at radius 3 is 2.62 bits per heavy atom. The maximum absolute atomic E-state index is 12.2. The lowest BCUT2D eigenvalue weighted by atomic mass is 9.88. The topological polar surface area (TPSA) is 66.8 Å². The molecule has 1 amide bonds. The summed E-state index contributed by atoms with van der Waals surface area (Å²) in [6, 6.07) is 7.21. The van der Waals surface area contributed by atoms with Gasteiger partial charge in [0.05, 0.1) is 5.56 Å². The highest BCUT2D eigenvalue weighted by Crippen LogP contribution is 2.24. The second-order valence-corrected chi connectivity index (χ2v) is 6.29. The highest BCUT2D eigenvalue weighted by molar-refractivity contribution is 5.89. The van der Waals surface area contributed by atoms with Crippen LogP contribution < -0.4 is 0 Å². The number of aromatic carboxylic acids is 1. The molecule has 0 saturated carbocycles. The van der Waals surface area contributed by atoms with Gasteiger partial charge in [-0.05, 0) is 50.2 Å². The number of carbonyl (C=O) groups excluding carboxylic acids is 1. The van der Waals surface area contributed by atoms with Crippen LogP contribution in [0.4, 0.5) is 0 Å². The lowest BCUT2D eigenvalue weighted by molar-refractivity contribution is -0.132. The Morgan fingerprint density at radius 1 is 1.25 bits per heavy atom. The molecule has 1 aliphatic heterocycles. The van der Waals surface area contributed by atoms with Crippen LogP contribution in [0, 0.1) is 5.92 Å². The Hall–Kier alpha value is -1.88. The van der Waals surface area contributed by atoms with E-state index in [0.29, 0.717) is 31.1 Å². The van der Waals surface area contributed by atoms with Crippen LogP contribution in [-0.4, -0.2) is 48.2 Å². The molecule has 1 aliphatic rings. The molecule has 1 heterocycles. The molecule has 0 aliphatic carbocycles. The van der Waals surface area contributed by atoms with E-state index in [4.69, 9.17) is 4.74 Å². The van der Waals surface area contributed by atoms with Gasteiger partial charge in [0, 0.05) is 32.7 Å². The molecule has 132 valence electrons. The van der Waals surface area contributed by atoms with E-state index in [9.17, 15) is 14.7 Å². The van der Waals surface area contributed by atoms with E-state index in [-0.39, 0.29) is 5.91 Å². The third-order valence-corrected chi connectivity index (χ3v) is 4.61. The summed E-state index contributed by atoms with van der Waals surface area (Å²) >= 11 is 0. The number of piperidine rings is 1. The van der Waals surface area contributed by atoms with Gasteiger partial charge in [0.25, 0.3) is 0 Å². The fourth-order valence-electron chi connectivity index (χ4n) is 3.23. The van der Waals surface area contributed by atoms with E-state index in [1.54, 1.807) is 12.1 Å². The molecular formula is C19H27NO4. The van der Waals surface area contributed by atoms with Crippen LogP contribution in [-0.2, 0) is 16.0 Å². The summed E-state index contributed by atoms with van der Waals surface area (Å²) in [4.78, 5) is 25.4. The molecule has 5 nitrogen and oxygen atoms in total. The average Bonchev–Trinajstić information content (AvgIpc) is 2.59. The van der Waals surface area contributed by atoms with Crippen LogP contribution in [0.2, 0.25) is 0 Å². The first kappa shape index (κ1) is 18.5. The summed E-state index contributed by atoms with van der Waals surface area (Å²) in [6.07, 6.45) is 3.97. The van der Waals surface area contributed by atoms with Gasteiger partial charge in [-0.25, -0.2) is 4.79 Å². The first-order valence-corrected chi connectivity index (χ1v) is 8.78. The summed E-state index contributed by atoms with van der Waals surface area (Å²) in [5.74, 6) is -0.218. The van der Waals surface area contributed by atoms with Gasteiger partial charge in [-0.15, -0.1) is 0 Å². The molecule has 2 rings (SSSR count). The van der Waals surface area contributed by atoms with Crippen molar-refractivity contribution in [2.45, 2.75) is 39.0 Å². The lowest BCUT2D eigenvalue weighted by Gasteiger charge is -2.32. The van der Waals surface area contributed by atoms with Gasteiger partial charge in [-0.2, -0.15) is 0 Å². The molecular weight excluding hydrogens is 306 g/mol. The number of likely N-dealkylation sites (tertiary alicyclic amines) is 1. The zero-order valence-corrected chi connectivity index (χ0v) is 14.4. The van der Waals surface area contributed by atoms with Gasteiger partial charge in [0.15, 0.2) is 0 Å². The Labute approximate surface area is 143 Å². The number of hydrogen-bond donors (Lipinski definition) is 1. The molecule has 0 atom stereocenters. The van der Waals surface area contributed by atoms with Gasteiger partial charge in [-0.1, -0.05) is 18.2 Å². The summed E-state index contributed by atoms with van der Waals surface area (Å²) in [5.41, 5.74) is 1.29. The molecule has 1 N–H and O–H groups in total. The Kier molecular flexibility index (Phi) is 7.25. The molecule has 0 unspecified atom stereocenters. The van der Waals surface area contributed by atoms with E-state index in [0.717, 1.165) is 44.3 Å². The number of carboxylic acid groups (broad SMARTS) is 1. The van der Waals surface area contributed by atoms with E-state index >= 15 is 0 Å². The first-order valence-electron chi connectivity index (χ1n) is 8.78. The van der Waals surface area contributed by atoms with Gasteiger partial charge in [0.2, 0.25) is 5.91 Å². The van der Waals surface area contributed by atoms with Crippen molar-refractivity contribution >= 4 is 11.9 Å². The molecule has 1 aromatic carbocycles. The quantitative estimate of drug-likeness (QED) is 0.743. The lowest BCUT2D eigenvalue weighted by Crippen LogP contribution is -2.39. The highest BCUT2D eigenvalue weighted by Gasteiger charge is 2.23. The first-order chi connectivity index (χ1) is 11.6. The standard InChI is InChI=1S/C19H27NO4/c1-2-24-13-5-8-18(21)20-11-9-15(10-12-20)14-16-6-3-4-7-17(16)19(22)23/h3-4,6-7,15H,2,5,8-14H2,1H3,(H,22,23). The zero-order valence-electron chi connectivity index (χ0n) is 14.4. The minimum absolute atomic E-state index is 0.207. The summed E-state index contributed by atoms with van der Waals surface area (Å²) in [5, 5.41) is 9.27. The molecule has 1 saturated heterocycles. The van der Waals surface area contributed by atoms with Gasteiger partial charge in [0.1, 0.15) is 0 Å². The molecule has 24 heavy (non-hydrogen) atoms. The Bertz CT molecular complexity index is 550. The minimum Gasteiger partial charge on any atom is -0.478 e. The van der Waals surface area contributed by atoms with Gasteiger partial charge < -0.3 is 14.7 Å². The van der Waals surface area contributed by atoms with Gasteiger partial charge in [-0.3, -0.25) is 4.79 Å².